The molecule has 2 aromatic rings. The van der Waals surface area contributed by atoms with Gasteiger partial charge in [0.1, 0.15) is 17.6 Å². The highest BCUT2D eigenvalue weighted by molar-refractivity contribution is 6.31. The van der Waals surface area contributed by atoms with E-state index in [-0.39, 0.29) is 37.2 Å². The molecule has 2 atom stereocenters. The standard InChI is InChI=1S/C20H21ClF5N3O3/c21-14-2-1-12(8-13(14)20(24,25)26)28-18(32)29-5-3-19(23,4-6-29)17-15(22)7-11(9-27-17)16(31)10-30/h1-2,7-9,16,18,28,30-32H,3-6,10H2/t16-,18?/m0/s1. The summed E-state index contributed by atoms with van der Waals surface area (Å²) in [4.78, 5) is 5.17. The number of piperidine rings is 1. The van der Waals surface area contributed by atoms with Crippen LogP contribution in [0.3, 0.4) is 0 Å². The van der Waals surface area contributed by atoms with Crippen LogP contribution in [0.25, 0.3) is 0 Å². The van der Waals surface area contributed by atoms with Gasteiger partial charge in [-0.05, 0) is 24.3 Å². The van der Waals surface area contributed by atoms with Crippen LogP contribution in [0, 0.1) is 5.82 Å². The molecule has 0 spiro atoms. The number of aliphatic hydroxyl groups excluding tert-OH is 3. The number of likely N-dealkylation sites (tertiary alicyclic amines) is 1. The number of pyridine rings is 1. The van der Waals surface area contributed by atoms with Crippen molar-refractivity contribution in [2.45, 2.75) is 37.1 Å². The smallest absolute Gasteiger partial charge is 0.393 e. The van der Waals surface area contributed by atoms with Gasteiger partial charge in [-0.1, -0.05) is 11.6 Å². The quantitative estimate of drug-likeness (QED) is 0.373. The van der Waals surface area contributed by atoms with Crippen LogP contribution in [0.2, 0.25) is 5.02 Å². The first kappa shape index (κ1) is 24.6. The summed E-state index contributed by atoms with van der Waals surface area (Å²) in [6, 6.07) is 3.99. The SMILES string of the molecule is OC[C@H](O)c1cnc(C2(F)CCN(C(O)Nc3ccc(Cl)c(C(F)(F)F)c3)CC2)c(F)c1. The molecule has 1 fully saturated rings. The van der Waals surface area contributed by atoms with Crippen LogP contribution in [-0.2, 0) is 11.8 Å². The molecule has 1 aliphatic rings. The number of aliphatic hydroxyl groups is 3. The van der Waals surface area contributed by atoms with Gasteiger partial charge in [-0.25, -0.2) is 8.78 Å². The normalized spacial score (nSPS) is 18.9. The lowest BCUT2D eigenvalue weighted by atomic mass is 9.89. The first-order valence-electron chi connectivity index (χ1n) is 9.64. The van der Waals surface area contributed by atoms with E-state index in [0.29, 0.717) is 0 Å². The zero-order valence-corrected chi connectivity index (χ0v) is 17.3. The number of alkyl halides is 4. The van der Waals surface area contributed by atoms with Crippen LogP contribution in [0.4, 0.5) is 27.6 Å². The topological polar surface area (TPSA) is 88.9 Å². The van der Waals surface area contributed by atoms with E-state index in [0.717, 1.165) is 24.4 Å². The third-order valence-corrected chi connectivity index (χ3v) is 5.68. The largest absolute Gasteiger partial charge is 0.417 e. The van der Waals surface area contributed by atoms with Gasteiger partial charge in [-0.15, -0.1) is 0 Å². The summed E-state index contributed by atoms with van der Waals surface area (Å²) in [6.07, 6.45) is -6.80. The second-order valence-corrected chi connectivity index (χ2v) is 7.92. The number of hydrogen-bond acceptors (Lipinski definition) is 6. The van der Waals surface area contributed by atoms with Gasteiger partial charge < -0.3 is 20.6 Å². The summed E-state index contributed by atoms with van der Waals surface area (Å²) in [7, 11) is 0. The molecule has 1 unspecified atom stereocenters. The summed E-state index contributed by atoms with van der Waals surface area (Å²) in [5.74, 6) is -0.967. The summed E-state index contributed by atoms with van der Waals surface area (Å²) >= 11 is 5.58. The van der Waals surface area contributed by atoms with E-state index >= 15 is 4.39 Å². The van der Waals surface area contributed by atoms with E-state index in [1.165, 1.54) is 11.0 Å². The number of halogens is 6. The molecule has 2 heterocycles. The van der Waals surface area contributed by atoms with Gasteiger partial charge in [0.2, 0.25) is 0 Å². The molecule has 3 rings (SSSR count). The van der Waals surface area contributed by atoms with Gasteiger partial charge in [0, 0.05) is 43.4 Å². The molecule has 4 N–H and O–H groups in total. The average Bonchev–Trinajstić information content (AvgIpc) is 2.73. The molecule has 0 amide bonds. The Bertz CT molecular complexity index is 955. The molecule has 1 aromatic carbocycles. The fraction of sp³-hybridized carbons (Fsp3) is 0.450. The van der Waals surface area contributed by atoms with Crippen molar-refractivity contribution in [3.63, 3.8) is 0 Å². The van der Waals surface area contributed by atoms with Crippen molar-refractivity contribution in [2.75, 3.05) is 25.0 Å². The monoisotopic (exact) mass is 481 g/mol. The molecule has 0 saturated carbocycles. The molecular weight excluding hydrogens is 461 g/mol. The molecule has 32 heavy (non-hydrogen) atoms. The summed E-state index contributed by atoms with van der Waals surface area (Å²) in [5.41, 5.74) is -3.66. The zero-order valence-electron chi connectivity index (χ0n) is 16.6. The van der Waals surface area contributed by atoms with Gasteiger partial charge >= 0.3 is 6.18 Å². The third kappa shape index (κ3) is 5.29. The van der Waals surface area contributed by atoms with Crippen LogP contribution in [0.5, 0.6) is 0 Å². The van der Waals surface area contributed by atoms with E-state index in [1.54, 1.807) is 0 Å². The molecule has 1 aromatic heterocycles. The van der Waals surface area contributed by atoms with Crippen molar-refractivity contribution in [2.24, 2.45) is 0 Å². The molecule has 176 valence electrons. The Morgan fingerprint density at radius 3 is 2.41 bits per heavy atom. The van der Waals surface area contributed by atoms with Gasteiger partial charge in [-0.3, -0.25) is 9.88 Å². The maximum absolute atomic E-state index is 15.4. The summed E-state index contributed by atoms with van der Waals surface area (Å²) in [6.45, 7) is -0.710. The number of hydrogen-bond donors (Lipinski definition) is 4. The molecule has 12 heteroatoms. The lowest BCUT2D eigenvalue weighted by molar-refractivity contribution is -0.137. The molecule has 1 aliphatic heterocycles. The van der Waals surface area contributed by atoms with E-state index in [2.05, 4.69) is 10.3 Å². The van der Waals surface area contributed by atoms with Gasteiger partial charge in [-0.2, -0.15) is 13.2 Å². The minimum atomic E-state index is -4.67. The van der Waals surface area contributed by atoms with E-state index in [4.69, 9.17) is 16.7 Å². The number of aromatic nitrogens is 1. The van der Waals surface area contributed by atoms with Crippen LogP contribution < -0.4 is 5.32 Å². The van der Waals surface area contributed by atoms with Crippen LogP contribution in [0.1, 0.15) is 35.8 Å². The highest BCUT2D eigenvalue weighted by atomic mass is 35.5. The maximum Gasteiger partial charge on any atom is 0.417 e. The van der Waals surface area contributed by atoms with Gasteiger partial charge in [0.25, 0.3) is 0 Å². The fourth-order valence-corrected chi connectivity index (χ4v) is 3.73. The number of nitrogens with one attached hydrogen (secondary N) is 1. The number of anilines is 1. The first-order chi connectivity index (χ1) is 14.9. The van der Waals surface area contributed by atoms with Crippen molar-refractivity contribution in [3.05, 3.63) is 58.1 Å². The lowest BCUT2D eigenvalue weighted by Gasteiger charge is -2.38. The number of nitrogens with zero attached hydrogens (tertiary/aromatic N) is 2. The highest BCUT2D eigenvalue weighted by Gasteiger charge is 2.41. The molecule has 0 aliphatic carbocycles. The predicted molar refractivity (Wildman–Crippen MR) is 106 cm³/mol. The van der Waals surface area contributed by atoms with Crippen molar-refractivity contribution in [1.82, 2.24) is 9.88 Å². The van der Waals surface area contributed by atoms with Crippen molar-refractivity contribution in [1.29, 1.82) is 0 Å². The maximum atomic E-state index is 15.4. The average molecular weight is 482 g/mol. The summed E-state index contributed by atoms with van der Waals surface area (Å²) < 4.78 is 68.8. The van der Waals surface area contributed by atoms with E-state index in [9.17, 15) is 27.8 Å². The lowest BCUT2D eigenvalue weighted by Crippen LogP contribution is -2.48. The molecule has 6 nitrogen and oxygen atoms in total. The Hall–Kier alpha value is -2.05. The van der Waals surface area contributed by atoms with Gasteiger partial charge in [0.15, 0.2) is 12.0 Å². The molecule has 0 bridgehead atoms. The molecular formula is C20H21ClF5N3O3. The number of benzene rings is 1. The summed E-state index contributed by atoms with van der Waals surface area (Å²) in [5, 5.41) is 30.9. The molecule has 0 radical (unpaired) electrons. The zero-order chi connectivity index (χ0) is 23.7. The van der Waals surface area contributed by atoms with Crippen LogP contribution in [-0.4, -0.2) is 51.3 Å². The minimum absolute atomic E-state index is 0.00981. The van der Waals surface area contributed by atoms with Crippen molar-refractivity contribution < 1.29 is 37.3 Å². The minimum Gasteiger partial charge on any atom is -0.393 e. The fourth-order valence-electron chi connectivity index (χ4n) is 3.50. The second kappa shape index (κ2) is 9.44. The van der Waals surface area contributed by atoms with Crippen LogP contribution in [0.15, 0.2) is 30.5 Å². The third-order valence-electron chi connectivity index (χ3n) is 5.35. The van der Waals surface area contributed by atoms with Gasteiger partial charge in [0.05, 0.1) is 17.2 Å². The Balaban J connectivity index is 1.66. The van der Waals surface area contributed by atoms with E-state index < -0.39 is 53.0 Å². The Morgan fingerprint density at radius 2 is 1.84 bits per heavy atom. The second-order valence-electron chi connectivity index (χ2n) is 7.51. The van der Waals surface area contributed by atoms with Crippen LogP contribution >= 0.6 is 11.6 Å². The van der Waals surface area contributed by atoms with Crippen molar-refractivity contribution >= 4 is 17.3 Å². The Labute approximate surface area is 185 Å². The number of rotatable bonds is 6. The van der Waals surface area contributed by atoms with E-state index in [1.807, 2.05) is 0 Å². The highest BCUT2D eigenvalue weighted by Crippen LogP contribution is 2.39. The first-order valence-corrected chi connectivity index (χ1v) is 10.0. The molecule has 1 saturated heterocycles. The Kier molecular flexibility index (Phi) is 7.25. The van der Waals surface area contributed by atoms with Crippen molar-refractivity contribution in [3.8, 4) is 0 Å². The Morgan fingerprint density at radius 1 is 1.19 bits per heavy atom. The predicted octanol–water partition coefficient (Wildman–Crippen LogP) is 3.57.